The highest BCUT2D eigenvalue weighted by Gasteiger charge is 2.23. The lowest BCUT2D eigenvalue weighted by Gasteiger charge is -2.34. The van der Waals surface area contributed by atoms with Crippen molar-refractivity contribution in [2.45, 2.75) is 6.92 Å². The number of fused-ring (bicyclic) bond motifs is 1. The molecular formula is C15H19N3O3. The van der Waals surface area contributed by atoms with Gasteiger partial charge in [-0.05, 0) is 24.7 Å². The van der Waals surface area contributed by atoms with Gasteiger partial charge < -0.3 is 19.9 Å². The predicted octanol–water partition coefficient (Wildman–Crippen LogP) is 0.795. The molecule has 0 saturated carbocycles. The van der Waals surface area contributed by atoms with Crippen LogP contribution in [0.25, 0.3) is 0 Å². The van der Waals surface area contributed by atoms with Gasteiger partial charge in [0.2, 0.25) is 0 Å². The number of nitrogens with one attached hydrogen (secondary N) is 1. The first-order chi connectivity index (χ1) is 10.2. The fourth-order valence-electron chi connectivity index (χ4n) is 2.67. The van der Waals surface area contributed by atoms with E-state index in [1.54, 1.807) is 18.2 Å². The molecule has 1 aromatic rings. The lowest BCUT2D eigenvalue weighted by Crippen LogP contribution is -2.48. The van der Waals surface area contributed by atoms with Crippen molar-refractivity contribution in [1.29, 1.82) is 0 Å². The summed E-state index contributed by atoms with van der Waals surface area (Å²) in [6.07, 6.45) is 0. The number of carbonyl (C=O) groups is 2. The average molecular weight is 289 g/mol. The molecule has 0 bridgehead atoms. The molecule has 0 atom stereocenters. The van der Waals surface area contributed by atoms with E-state index in [0.29, 0.717) is 17.0 Å². The van der Waals surface area contributed by atoms with E-state index in [1.807, 2.05) is 4.90 Å². The zero-order valence-corrected chi connectivity index (χ0v) is 12.1. The minimum atomic E-state index is -0.191. The van der Waals surface area contributed by atoms with Gasteiger partial charge in [0.05, 0.1) is 5.69 Å². The van der Waals surface area contributed by atoms with E-state index in [9.17, 15) is 9.59 Å². The van der Waals surface area contributed by atoms with Crippen LogP contribution in [0.5, 0.6) is 5.75 Å². The zero-order chi connectivity index (χ0) is 14.8. The molecule has 2 aliphatic rings. The molecule has 1 aromatic carbocycles. The van der Waals surface area contributed by atoms with E-state index in [4.69, 9.17) is 4.74 Å². The minimum absolute atomic E-state index is 0.00776. The quantitative estimate of drug-likeness (QED) is 0.874. The number of anilines is 1. The molecule has 2 amide bonds. The van der Waals surface area contributed by atoms with Gasteiger partial charge in [0.1, 0.15) is 5.75 Å². The Balaban J connectivity index is 1.73. The summed E-state index contributed by atoms with van der Waals surface area (Å²) in [4.78, 5) is 28.0. The van der Waals surface area contributed by atoms with Gasteiger partial charge in [-0.3, -0.25) is 9.59 Å². The molecule has 0 spiro atoms. The Morgan fingerprint density at radius 1 is 1.29 bits per heavy atom. The fraction of sp³-hybridized carbons (Fsp3) is 0.467. The Morgan fingerprint density at radius 2 is 2.05 bits per heavy atom. The summed E-state index contributed by atoms with van der Waals surface area (Å²) in [6, 6.07) is 5.19. The maximum Gasteiger partial charge on any atom is 0.262 e. The van der Waals surface area contributed by atoms with Crippen LogP contribution in [0.4, 0.5) is 5.69 Å². The van der Waals surface area contributed by atoms with Crippen molar-refractivity contribution in [2.24, 2.45) is 0 Å². The van der Waals surface area contributed by atoms with Crippen LogP contribution in [0, 0.1) is 0 Å². The summed E-state index contributed by atoms with van der Waals surface area (Å²) < 4.78 is 5.30. The molecule has 6 nitrogen and oxygen atoms in total. The SMILES string of the molecule is CCN1CCN(C(=O)c2ccc3c(c2)NC(=O)CO3)CC1. The molecule has 6 heteroatoms. The number of hydrogen-bond donors (Lipinski definition) is 1. The summed E-state index contributed by atoms with van der Waals surface area (Å²) in [5, 5.41) is 2.73. The Bertz CT molecular complexity index is 565. The van der Waals surface area contributed by atoms with Crippen molar-refractivity contribution < 1.29 is 14.3 Å². The molecule has 2 aliphatic heterocycles. The lowest BCUT2D eigenvalue weighted by atomic mass is 10.1. The number of benzene rings is 1. The zero-order valence-electron chi connectivity index (χ0n) is 12.1. The van der Waals surface area contributed by atoms with Gasteiger partial charge in [0, 0.05) is 31.7 Å². The first-order valence-corrected chi connectivity index (χ1v) is 7.25. The van der Waals surface area contributed by atoms with E-state index in [-0.39, 0.29) is 18.4 Å². The van der Waals surface area contributed by atoms with Gasteiger partial charge in [-0.25, -0.2) is 0 Å². The van der Waals surface area contributed by atoms with E-state index < -0.39 is 0 Å². The van der Waals surface area contributed by atoms with Crippen LogP contribution in [-0.2, 0) is 4.79 Å². The van der Waals surface area contributed by atoms with Crippen molar-refractivity contribution in [3.05, 3.63) is 23.8 Å². The van der Waals surface area contributed by atoms with Crippen LogP contribution in [-0.4, -0.2) is 60.9 Å². The third-order valence-corrected chi connectivity index (χ3v) is 3.97. The molecule has 1 saturated heterocycles. The average Bonchev–Trinajstić information content (AvgIpc) is 2.53. The van der Waals surface area contributed by atoms with Crippen molar-refractivity contribution in [3.8, 4) is 5.75 Å². The topological polar surface area (TPSA) is 61.9 Å². The van der Waals surface area contributed by atoms with Crippen LogP contribution < -0.4 is 10.1 Å². The molecular weight excluding hydrogens is 270 g/mol. The Hall–Kier alpha value is -2.08. The van der Waals surface area contributed by atoms with Crippen LogP contribution in [0.2, 0.25) is 0 Å². The van der Waals surface area contributed by atoms with Gasteiger partial charge in [-0.2, -0.15) is 0 Å². The van der Waals surface area contributed by atoms with Gasteiger partial charge >= 0.3 is 0 Å². The van der Waals surface area contributed by atoms with E-state index >= 15 is 0 Å². The molecule has 0 aliphatic carbocycles. The second-order valence-electron chi connectivity index (χ2n) is 5.27. The summed E-state index contributed by atoms with van der Waals surface area (Å²) in [5.41, 5.74) is 1.16. The molecule has 1 fully saturated rings. The summed E-state index contributed by atoms with van der Waals surface area (Å²) in [5.74, 6) is 0.430. The molecule has 0 aromatic heterocycles. The highest BCUT2D eigenvalue weighted by atomic mass is 16.5. The van der Waals surface area contributed by atoms with Crippen molar-refractivity contribution >= 4 is 17.5 Å². The van der Waals surface area contributed by atoms with Crippen molar-refractivity contribution in [1.82, 2.24) is 9.80 Å². The number of hydrogen-bond acceptors (Lipinski definition) is 4. The third kappa shape index (κ3) is 2.85. The second kappa shape index (κ2) is 5.73. The number of amides is 2. The number of nitrogens with zero attached hydrogens (tertiary/aromatic N) is 2. The molecule has 21 heavy (non-hydrogen) atoms. The Labute approximate surface area is 123 Å². The second-order valence-corrected chi connectivity index (χ2v) is 5.27. The molecule has 112 valence electrons. The highest BCUT2D eigenvalue weighted by molar-refractivity contribution is 5.99. The fourth-order valence-corrected chi connectivity index (χ4v) is 2.67. The Kier molecular flexibility index (Phi) is 3.79. The molecule has 1 N–H and O–H groups in total. The largest absolute Gasteiger partial charge is 0.482 e. The maximum atomic E-state index is 12.5. The monoisotopic (exact) mass is 289 g/mol. The van der Waals surface area contributed by atoms with Crippen LogP contribution in [0.3, 0.4) is 0 Å². The molecule has 2 heterocycles. The van der Waals surface area contributed by atoms with Crippen LogP contribution in [0.1, 0.15) is 17.3 Å². The number of rotatable bonds is 2. The summed E-state index contributed by atoms with van der Waals surface area (Å²) in [7, 11) is 0. The first-order valence-electron chi connectivity index (χ1n) is 7.25. The molecule has 0 radical (unpaired) electrons. The smallest absolute Gasteiger partial charge is 0.262 e. The Morgan fingerprint density at radius 3 is 2.76 bits per heavy atom. The van der Waals surface area contributed by atoms with Crippen molar-refractivity contribution in [3.63, 3.8) is 0 Å². The van der Waals surface area contributed by atoms with Gasteiger partial charge in [-0.15, -0.1) is 0 Å². The van der Waals surface area contributed by atoms with Crippen LogP contribution >= 0.6 is 0 Å². The number of likely N-dealkylation sites (N-methyl/N-ethyl adjacent to an activating group) is 1. The third-order valence-electron chi connectivity index (χ3n) is 3.97. The number of piperazine rings is 1. The standard InChI is InChI=1S/C15H19N3O3/c1-2-17-5-7-18(8-6-17)15(20)11-3-4-13-12(9-11)16-14(19)10-21-13/h3-4,9H,2,5-8,10H2,1H3,(H,16,19). The van der Waals surface area contributed by atoms with E-state index in [2.05, 4.69) is 17.1 Å². The molecule has 3 rings (SSSR count). The van der Waals surface area contributed by atoms with Crippen molar-refractivity contribution in [2.75, 3.05) is 44.6 Å². The maximum absolute atomic E-state index is 12.5. The minimum Gasteiger partial charge on any atom is -0.482 e. The van der Waals surface area contributed by atoms with Gasteiger partial charge in [-0.1, -0.05) is 6.92 Å². The summed E-state index contributed by atoms with van der Waals surface area (Å²) in [6.45, 7) is 6.48. The van der Waals surface area contributed by atoms with Crippen LogP contribution in [0.15, 0.2) is 18.2 Å². The normalized spacial score (nSPS) is 18.7. The van der Waals surface area contributed by atoms with E-state index in [0.717, 1.165) is 32.7 Å². The van der Waals surface area contributed by atoms with E-state index in [1.165, 1.54) is 0 Å². The summed E-state index contributed by atoms with van der Waals surface area (Å²) >= 11 is 0. The first kappa shape index (κ1) is 13.9. The lowest BCUT2D eigenvalue weighted by molar-refractivity contribution is -0.118. The van der Waals surface area contributed by atoms with Gasteiger partial charge in [0.15, 0.2) is 6.61 Å². The number of ether oxygens (including phenoxy) is 1. The number of carbonyl (C=O) groups excluding carboxylic acids is 2. The highest BCUT2D eigenvalue weighted by Crippen LogP contribution is 2.29. The van der Waals surface area contributed by atoms with Gasteiger partial charge in [0.25, 0.3) is 11.8 Å². The molecule has 0 unspecified atom stereocenters. The predicted molar refractivity (Wildman–Crippen MR) is 78.6 cm³/mol.